The molecule has 1 aliphatic rings. The molecule has 2 atom stereocenters. The first kappa shape index (κ1) is 12.0. The number of carbonyl (C=O) groups is 1. The van der Waals surface area contributed by atoms with Crippen molar-refractivity contribution in [1.82, 2.24) is 4.98 Å². The number of fused-ring (bicyclic) bond motifs is 1. The highest BCUT2D eigenvalue weighted by Gasteiger charge is 2.34. The quantitative estimate of drug-likeness (QED) is 0.917. The van der Waals surface area contributed by atoms with Crippen molar-refractivity contribution in [1.29, 1.82) is 0 Å². The molecule has 0 radical (unpaired) electrons. The number of H-pyrrole nitrogens is 1. The zero-order valence-electron chi connectivity index (χ0n) is 11.0. The first-order valence-electron chi connectivity index (χ1n) is 6.54. The fourth-order valence-electron chi connectivity index (χ4n) is 2.52. The summed E-state index contributed by atoms with van der Waals surface area (Å²) in [6.45, 7) is 3.94. The molecule has 1 amide bonds. The van der Waals surface area contributed by atoms with Crippen molar-refractivity contribution in [2.45, 2.75) is 32.3 Å². The molecule has 19 heavy (non-hydrogen) atoms. The zero-order valence-corrected chi connectivity index (χ0v) is 11.0. The Morgan fingerprint density at radius 2 is 2.21 bits per heavy atom. The summed E-state index contributed by atoms with van der Waals surface area (Å²) in [6.07, 6.45) is 2.12. The summed E-state index contributed by atoms with van der Waals surface area (Å²) in [6, 6.07) is 8.07. The van der Waals surface area contributed by atoms with E-state index in [1.807, 2.05) is 38.2 Å². The van der Waals surface area contributed by atoms with Crippen molar-refractivity contribution in [3.8, 4) is 0 Å². The molecule has 1 aliphatic heterocycles. The second-order valence-corrected chi connectivity index (χ2v) is 4.81. The minimum absolute atomic E-state index is 0.0172. The smallest absolute Gasteiger partial charge is 0.290 e. The Labute approximate surface area is 111 Å². The highest BCUT2D eigenvalue weighted by Crippen LogP contribution is 2.31. The summed E-state index contributed by atoms with van der Waals surface area (Å²) < 4.78 is 5.64. The van der Waals surface area contributed by atoms with Crippen molar-refractivity contribution in [3.05, 3.63) is 36.0 Å². The van der Waals surface area contributed by atoms with Crippen LogP contribution in [0.3, 0.4) is 0 Å². The molecule has 0 bridgehead atoms. The maximum atomic E-state index is 11.9. The van der Waals surface area contributed by atoms with Crippen LogP contribution in [0, 0.1) is 0 Å². The number of carbonyl (C=O) groups excluding carboxylic acids is 1. The van der Waals surface area contributed by atoms with Gasteiger partial charge in [0.2, 0.25) is 0 Å². The second-order valence-electron chi connectivity index (χ2n) is 4.81. The monoisotopic (exact) mass is 256 g/mol. The van der Waals surface area contributed by atoms with Crippen LogP contribution in [0.1, 0.15) is 31.7 Å². The van der Waals surface area contributed by atoms with E-state index in [9.17, 15) is 4.79 Å². The number of para-hydroxylation sites is 1. The molecule has 0 saturated carbocycles. The number of aliphatic imine (C=N–C) groups is 1. The molecule has 3 rings (SSSR count). The topological polar surface area (TPSA) is 54.5 Å². The van der Waals surface area contributed by atoms with Gasteiger partial charge in [0.1, 0.15) is 0 Å². The predicted octanol–water partition coefficient (Wildman–Crippen LogP) is 3.01. The number of aromatic nitrogens is 1. The third-order valence-electron chi connectivity index (χ3n) is 3.61. The van der Waals surface area contributed by atoms with E-state index in [0.29, 0.717) is 12.3 Å². The number of ether oxygens (including phenoxy) is 1. The number of rotatable bonds is 3. The van der Waals surface area contributed by atoms with Crippen molar-refractivity contribution in [2.75, 3.05) is 0 Å². The van der Waals surface area contributed by atoms with Crippen LogP contribution >= 0.6 is 0 Å². The normalized spacial score (nSPS) is 20.4. The van der Waals surface area contributed by atoms with Gasteiger partial charge in [-0.2, -0.15) is 4.99 Å². The van der Waals surface area contributed by atoms with Crippen molar-refractivity contribution >= 4 is 22.7 Å². The molecule has 0 fully saturated rings. The third-order valence-corrected chi connectivity index (χ3v) is 3.61. The summed E-state index contributed by atoms with van der Waals surface area (Å²) in [7, 11) is 0. The van der Waals surface area contributed by atoms with Crippen LogP contribution in [0.25, 0.3) is 10.9 Å². The van der Waals surface area contributed by atoms with Gasteiger partial charge in [0.15, 0.2) is 12.0 Å². The summed E-state index contributed by atoms with van der Waals surface area (Å²) in [5.74, 6) is 0.354. The van der Waals surface area contributed by atoms with Gasteiger partial charge in [-0.15, -0.1) is 0 Å². The molecule has 1 aromatic carbocycles. The molecule has 2 aromatic rings. The molecule has 2 unspecified atom stereocenters. The Balaban J connectivity index is 1.93. The maximum absolute atomic E-state index is 11.9. The van der Waals surface area contributed by atoms with Crippen LogP contribution in [0.15, 0.2) is 35.5 Å². The average molecular weight is 256 g/mol. The average Bonchev–Trinajstić information content (AvgIpc) is 3.01. The third kappa shape index (κ3) is 1.93. The van der Waals surface area contributed by atoms with Crippen LogP contribution in [-0.4, -0.2) is 22.9 Å². The summed E-state index contributed by atoms with van der Waals surface area (Å²) in [5.41, 5.74) is 2.17. The minimum Gasteiger partial charge on any atom is -0.467 e. The number of hydrogen-bond acceptors (Lipinski definition) is 2. The van der Waals surface area contributed by atoms with Crippen molar-refractivity contribution in [2.24, 2.45) is 4.99 Å². The molecule has 1 N–H and O–H groups in total. The number of amides is 1. The first-order valence-corrected chi connectivity index (χ1v) is 6.54. The fourth-order valence-corrected chi connectivity index (χ4v) is 2.52. The Bertz CT molecular complexity index is 657. The van der Waals surface area contributed by atoms with E-state index in [-0.39, 0.29) is 11.8 Å². The highest BCUT2D eigenvalue weighted by atomic mass is 16.5. The number of nitrogens with zero attached hydrogens (tertiary/aromatic N) is 1. The Morgan fingerprint density at radius 3 is 2.95 bits per heavy atom. The number of aromatic amines is 1. The van der Waals surface area contributed by atoms with Gasteiger partial charge in [-0.1, -0.05) is 32.0 Å². The van der Waals surface area contributed by atoms with E-state index in [1.165, 1.54) is 0 Å². The summed E-state index contributed by atoms with van der Waals surface area (Å²) in [4.78, 5) is 19.1. The Morgan fingerprint density at radius 1 is 1.42 bits per heavy atom. The van der Waals surface area contributed by atoms with Gasteiger partial charge in [-0.05, 0) is 11.6 Å². The zero-order chi connectivity index (χ0) is 13.4. The standard InChI is InChI=1S/C15H16N2O2/c1-3-13-17-15(18)14(19-13)9(2)11-8-16-12-7-5-4-6-10(11)12/h4-9,14,16H,3H2,1-2H3. The van der Waals surface area contributed by atoms with Crippen LogP contribution in [0.2, 0.25) is 0 Å². The molecular formula is C15H16N2O2. The van der Waals surface area contributed by atoms with Gasteiger partial charge in [0.25, 0.3) is 5.91 Å². The lowest BCUT2D eigenvalue weighted by Crippen LogP contribution is -2.24. The number of benzene rings is 1. The fraction of sp³-hybridized carbons (Fsp3) is 0.333. The molecule has 2 heterocycles. The van der Waals surface area contributed by atoms with Gasteiger partial charge in [-0.3, -0.25) is 4.79 Å². The summed E-state index contributed by atoms with van der Waals surface area (Å²) >= 11 is 0. The maximum Gasteiger partial charge on any atom is 0.290 e. The molecular weight excluding hydrogens is 240 g/mol. The molecule has 4 nitrogen and oxygen atoms in total. The van der Waals surface area contributed by atoms with Gasteiger partial charge in [0, 0.05) is 29.4 Å². The first-order chi connectivity index (χ1) is 9.20. The van der Waals surface area contributed by atoms with Crippen LogP contribution in [0.5, 0.6) is 0 Å². The molecule has 0 spiro atoms. The van der Waals surface area contributed by atoms with E-state index in [4.69, 9.17) is 4.74 Å². The molecule has 4 heteroatoms. The van der Waals surface area contributed by atoms with E-state index in [2.05, 4.69) is 16.0 Å². The second kappa shape index (κ2) is 4.53. The lowest BCUT2D eigenvalue weighted by molar-refractivity contribution is -0.123. The number of hydrogen-bond donors (Lipinski definition) is 1. The van der Waals surface area contributed by atoms with Crippen LogP contribution < -0.4 is 0 Å². The van der Waals surface area contributed by atoms with Crippen LogP contribution in [0.4, 0.5) is 0 Å². The Kier molecular flexibility index (Phi) is 2.85. The minimum atomic E-state index is -0.492. The van der Waals surface area contributed by atoms with Crippen molar-refractivity contribution < 1.29 is 9.53 Å². The van der Waals surface area contributed by atoms with Gasteiger partial charge >= 0.3 is 0 Å². The van der Waals surface area contributed by atoms with E-state index in [1.54, 1.807) is 0 Å². The lowest BCUT2D eigenvalue weighted by Gasteiger charge is -2.17. The highest BCUT2D eigenvalue weighted by molar-refractivity contribution is 6.00. The van der Waals surface area contributed by atoms with Crippen LogP contribution in [-0.2, 0) is 9.53 Å². The van der Waals surface area contributed by atoms with Gasteiger partial charge < -0.3 is 9.72 Å². The number of nitrogens with one attached hydrogen (secondary N) is 1. The van der Waals surface area contributed by atoms with Crippen molar-refractivity contribution in [3.63, 3.8) is 0 Å². The molecule has 98 valence electrons. The molecule has 1 aromatic heterocycles. The molecule has 0 aliphatic carbocycles. The molecule has 0 saturated heterocycles. The Hall–Kier alpha value is -2.10. The van der Waals surface area contributed by atoms with E-state index in [0.717, 1.165) is 16.5 Å². The predicted molar refractivity (Wildman–Crippen MR) is 74.3 cm³/mol. The summed E-state index contributed by atoms with van der Waals surface area (Å²) in [5, 5.41) is 1.14. The SMILES string of the molecule is CCC1=NC(=O)C(C(C)c2c[nH]c3ccccc23)O1. The largest absolute Gasteiger partial charge is 0.467 e. The van der Waals surface area contributed by atoms with E-state index >= 15 is 0 Å². The van der Waals surface area contributed by atoms with Gasteiger partial charge in [0.05, 0.1) is 0 Å². The lowest BCUT2D eigenvalue weighted by atomic mass is 9.94. The van der Waals surface area contributed by atoms with E-state index < -0.39 is 6.10 Å². The van der Waals surface area contributed by atoms with Gasteiger partial charge in [-0.25, -0.2) is 0 Å².